The molecule has 2 nitrogen and oxygen atoms in total. The minimum Gasteiger partial charge on any atom is -0.508 e. The zero-order valence-electron chi connectivity index (χ0n) is 11.5. The molecule has 0 spiro atoms. The Morgan fingerprint density at radius 1 is 1.15 bits per heavy atom. The van der Waals surface area contributed by atoms with E-state index in [0.29, 0.717) is 5.56 Å². The van der Waals surface area contributed by atoms with Crippen LogP contribution in [0, 0.1) is 18.6 Å². The van der Waals surface area contributed by atoms with Crippen LogP contribution in [0.4, 0.5) is 8.78 Å². The first kappa shape index (κ1) is 14.5. The van der Waals surface area contributed by atoms with Crippen molar-refractivity contribution < 1.29 is 13.9 Å². The summed E-state index contributed by atoms with van der Waals surface area (Å²) in [4.78, 5) is 0. The van der Waals surface area contributed by atoms with Gasteiger partial charge in [-0.05, 0) is 26.0 Å². The molecule has 2 aromatic rings. The predicted octanol–water partition coefficient (Wildman–Crippen LogP) is 3.83. The molecule has 0 aliphatic heterocycles. The molecule has 0 amide bonds. The van der Waals surface area contributed by atoms with Gasteiger partial charge in [0.2, 0.25) is 0 Å². The number of nitrogens with one attached hydrogen (secondary N) is 1. The Kier molecular flexibility index (Phi) is 4.35. The Bertz CT molecular complexity index is 613. The molecule has 2 aromatic carbocycles. The van der Waals surface area contributed by atoms with Crippen LogP contribution in [-0.4, -0.2) is 5.11 Å². The number of phenols is 1. The second kappa shape index (κ2) is 6.01. The monoisotopic (exact) mass is 277 g/mol. The Labute approximate surface area is 117 Å². The van der Waals surface area contributed by atoms with E-state index >= 15 is 0 Å². The van der Waals surface area contributed by atoms with Crippen LogP contribution >= 0.6 is 0 Å². The molecule has 0 radical (unpaired) electrons. The molecule has 0 heterocycles. The van der Waals surface area contributed by atoms with Crippen LogP contribution in [0.3, 0.4) is 0 Å². The lowest BCUT2D eigenvalue weighted by Gasteiger charge is -2.16. The average molecular weight is 277 g/mol. The molecule has 20 heavy (non-hydrogen) atoms. The molecule has 1 unspecified atom stereocenters. The predicted molar refractivity (Wildman–Crippen MR) is 74.5 cm³/mol. The highest BCUT2D eigenvalue weighted by Gasteiger charge is 2.11. The van der Waals surface area contributed by atoms with E-state index in [9.17, 15) is 13.9 Å². The van der Waals surface area contributed by atoms with Crippen LogP contribution in [-0.2, 0) is 6.54 Å². The van der Waals surface area contributed by atoms with E-state index in [1.165, 1.54) is 12.1 Å². The number of halogens is 2. The highest BCUT2D eigenvalue weighted by molar-refractivity contribution is 5.37. The summed E-state index contributed by atoms with van der Waals surface area (Å²) in [5, 5.41) is 13.0. The molecule has 2 N–H and O–H groups in total. The lowest BCUT2D eigenvalue weighted by atomic mass is 10.0. The van der Waals surface area contributed by atoms with Crippen LogP contribution in [0.2, 0.25) is 0 Å². The van der Waals surface area contributed by atoms with E-state index in [4.69, 9.17) is 0 Å². The summed E-state index contributed by atoms with van der Waals surface area (Å²) in [6.45, 7) is 4.09. The van der Waals surface area contributed by atoms with Gasteiger partial charge in [-0.25, -0.2) is 8.78 Å². The van der Waals surface area contributed by atoms with Gasteiger partial charge in [-0.3, -0.25) is 0 Å². The first-order valence-electron chi connectivity index (χ1n) is 6.44. The van der Waals surface area contributed by atoms with Crippen molar-refractivity contribution in [1.82, 2.24) is 5.32 Å². The molecule has 0 bridgehead atoms. The van der Waals surface area contributed by atoms with Crippen LogP contribution < -0.4 is 5.32 Å². The van der Waals surface area contributed by atoms with Gasteiger partial charge >= 0.3 is 0 Å². The number of phenolic OH excluding ortho intramolecular Hbond substituents is 1. The summed E-state index contributed by atoms with van der Waals surface area (Å²) in [7, 11) is 0. The van der Waals surface area contributed by atoms with Crippen LogP contribution in [0.25, 0.3) is 0 Å². The fourth-order valence-corrected chi connectivity index (χ4v) is 2.06. The quantitative estimate of drug-likeness (QED) is 0.890. The maximum absolute atomic E-state index is 13.5. The topological polar surface area (TPSA) is 32.3 Å². The average Bonchev–Trinajstić information content (AvgIpc) is 2.40. The van der Waals surface area contributed by atoms with Crippen molar-refractivity contribution in [2.24, 2.45) is 0 Å². The standard InChI is InChI=1S/C16H17F2NO/c1-10-3-6-16(20)14(7-10)11(2)19-9-12-4-5-13(17)8-15(12)18/h3-8,11,19-20H,9H2,1-2H3. The lowest BCUT2D eigenvalue weighted by Crippen LogP contribution is -2.19. The molecule has 106 valence electrons. The summed E-state index contributed by atoms with van der Waals surface area (Å²) in [5.74, 6) is -0.955. The van der Waals surface area contributed by atoms with E-state index in [0.717, 1.165) is 17.2 Å². The number of hydrogen-bond donors (Lipinski definition) is 2. The van der Waals surface area contributed by atoms with Gasteiger partial charge in [0.25, 0.3) is 0 Å². The Morgan fingerprint density at radius 2 is 1.90 bits per heavy atom. The molecule has 0 aliphatic rings. The molecular formula is C16H17F2NO. The third-order valence-electron chi connectivity index (χ3n) is 3.26. The van der Waals surface area contributed by atoms with Gasteiger partial charge < -0.3 is 10.4 Å². The van der Waals surface area contributed by atoms with Crippen molar-refractivity contribution in [3.05, 3.63) is 64.7 Å². The lowest BCUT2D eigenvalue weighted by molar-refractivity contribution is 0.450. The molecule has 0 saturated heterocycles. The summed E-state index contributed by atoms with van der Waals surface area (Å²) in [5.41, 5.74) is 2.19. The maximum atomic E-state index is 13.5. The van der Waals surface area contributed by atoms with Gasteiger partial charge in [0.05, 0.1) is 0 Å². The summed E-state index contributed by atoms with van der Waals surface area (Å²) in [6.07, 6.45) is 0. The van der Waals surface area contributed by atoms with E-state index in [2.05, 4.69) is 5.32 Å². The molecule has 0 aliphatic carbocycles. The first-order valence-corrected chi connectivity index (χ1v) is 6.44. The Balaban J connectivity index is 2.08. The van der Waals surface area contributed by atoms with Crippen molar-refractivity contribution in [3.8, 4) is 5.75 Å². The number of hydrogen-bond acceptors (Lipinski definition) is 2. The fraction of sp³-hybridized carbons (Fsp3) is 0.250. The van der Waals surface area contributed by atoms with Crippen LogP contribution in [0.5, 0.6) is 5.75 Å². The van der Waals surface area contributed by atoms with E-state index in [1.807, 2.05) is 26.0 Å². The van der Waals surface area contributed by atoms with E-state index in [1.54, 1.807) is 6.07 Å². The van der Waals surface area contributed by atoms with Crippen LogP contribution in [0.15, 0.2) is 36.4 Å². The number of aromatic hydroxyl groups is 1. The van der Waals surface area contributed by atoms with Crippen molar-refractivity contribution in [2.45, 2.75) is 26.4 Å². The van der Waals surface area contributed by atoms with E-state index < -0.39 is 11.6 Å². The third kappa shape index (κ3) is 3.33. The number of benzene rings is 2. The van der Waals surface area contributed by atoms with Gasteiger partial charge in [-0.1, -0.05) is 23.8 Å². The first-order chi connectivity index (χ1) is 9.47. The molecule has 0 aromatic heterocycles. The summed E-state index contributed by atoms with van der Waals surface area (Å²) in [6, 6.07) is 8.72. The highest BCUT2D eigenvalue weighted by atomic mass is 19.1. The molecule has 0 saturated carbocycles. The molecule has 4 heteroatoms. The zero-order chi connectivity index (χ0) is 14.7. The minimum atomic E-state index is -0.587. The number of aryl methyl sites for hydroxylation is 1. The second-order valence-corrected chi connectivity index (χ2v) is 4.90. The Hall–Kier alpha value is -1.94. The van der Waals surface area contributed by atoms with Gasteiger partial charge in [0.15, 0.2) is 0 Å². The third-order valence-corrected chi connectivity index (χ3v) is 3.26. The van der Waals surface area contributed by atoms with Crippen molar-refractivity contribution in [2.75, 3.05) is 0 Å². The molecule has 2 rings (SSSR count). The summed E-state index contributed by atoms with van der Waals surface area (Å²) >= 11 is 0. The Morgan fingerprint density at radius 3 is 2.60 bits per heavy atom. The van der Waals surface area contributed by atoms with Crippen molar-refractivity contribution >= 4 is 0 Å². The second-order valence-electron chi connectivity index (χ2n) is 4.90. The largest absolute Gasteiger partial charge is 0.508 e. The SMILES string of the molecule is Cc1ccc(O)c(C(C)NCc2ccc(F)cc2F)c1. The maximum Gasteiger partial charge on any atom is 0.130 e. The minimum absolute atomic E-state index is 0.139. The summed E-state index contributed by atoms with van der Waals surface area (Å²) < 4.78 is 26.3. The fourth-order valence-electron chi connectivity index (χ4n) is 2.06. The van der Waals surface area contributed by atoms with Gasteiger partial charge in [0, 0.05) is 29.8 Å². The zero-order valence-corrected chi connectivity index (χ0v) is 11.5. The molecule has 0 fully saturated rings. The molecular weight excluding hydrogens is 260 g/mol. The van der Waals surface area contributed by atoms with Crippen molar-refractivity contribution in [1.29, 1.82) is 0 Å². The molecule has 1 atom stereocenters. The van der Waals surface area contributed by atoms with Gasteiger partial charge in [-0.2, -0.15) is 0 Å². The number of rotatable bonds is 4. The van der Waals surface area contributed by atoms with Gasteiger partial charge in [0.1, 0.15) is 17.4 Å². The van der Waals surface area contributed by atoms with Gasteiger partial charge in [-0.15, -0.1) is 0 Å². The smallest absolute Gasteiger partial charge is 0.130 e. The van der Waals surface area contributed by atoms with Crippen LogP contribution in [0.1, 0.15) is 29.7 Å². The highest BCUT2D eigenvalue weighted by Crippen LogP contribution is 2.25. The normalized spacial score (nSPS) is 12.4. The van der Waals surface area contributed by atoms with E-state index in [-0.39, 0.29) is 18.3 Å². The van der Waals surface area contributed by atoms with Crippen molar-refractivity contribution in [3.63, 3.8) is 0 Å².